The minimum atomic E-state index is 0.0400. The summed E-state index contributed by atoms with van der Waals surface area (Å²) in [6.45, 7) is 2.33. The third kappa shape index (κ3) is 0.924. The Labute approximate surface area is 115 Å². The molecule has 6 bridgehead atoms. The highest BCUT2D eigenvalue weighted by molar-refractivity contribution is 5.25. The standard InChI is InChI=1S/C18H24O/c1-7-10-5-13(18(7)19)17-12-6-11(16(10)17)14-8-2-3-9(4-8)15(12)14/h2-3,7-19H,4-6H2,1H3. The second-order valence-electron chi connectivity index (χ2n) is 8.73. The topological polar surface area (TPSA) is 20.2 Å². The Morgan fingerprint density at radius 2 is 1.32 bits per heavy atom. The number of fused-ring (bicyclic) bond motifs is 16. The minimum Gasteiger partial charge on any atom is -0.393 e. The maximum absolute atomic E-state index is 10.5. The van der Waals surface area contributed by atoms with E-state index in [2.05, 4.69) is 19.1 Å². The van der Waals surface area contributed by atoms with Gasteiger partial charge in [0.15, 0.2) is 0 Å². The maximum Gasteiger partial charge on any atom is 0.0599 e. The van der Waals surface area contributed by atoms with E-state index >= 15 is 0 Å². The van der Waals surface area contributed by atoms with Crippen LogP contribution in [-0.4, -0.2) is 11.2 Å². The van der Waals surface area contributed by atoms with Gasteiger partial charge in [0.2, 0.25) is 0 Å². The number of hydrogen-bond donors (Lipinski definition) is 1. The number of hydrogen-bond acceptors (Lipinski definition) is 1. The van der Waals surface area contributed by atoms with Crippen molar-refractivity contribution in [3.05, 3.63) is 12.2 Å². The molecule has 0 aromatic heterocycles. The van der Waals surface area contributed by atoms with Crippen molar-refractivity contribution in [3.8, 4) is 0 Å². The Bertz CT molecular complexity index is 442. The Balaban J connectivity index is 1.45. The molecule has 0 spiro atoms. The van der Waals surface area contributed by atoms with Gasteiger partial charge in [0.05, 0.1) is 6.10 Å². The summed E-state index contributed by atoms with van der Waals surface area (Å²) in [5.41, 5.74) is 0. The lowest BCUT2D eigenvalue weighted by atomic mass is 9.59. The van der Waals surface area contributed by atoms with Gasteiger partial charge in [-0.3, -0.25) is 0 Å². The van der Waals surface area contributed by atoms with Crippen LogP contribution in [0.25, 0.3) is 0 Å². The number of aliphatic hydroxyl groups excluding tert-OH is 1. The third-order valence-electron chi connectivity index (χ3n) is 8.74. The zero-order valence-corrected chi connectivity index (χ0v) is 11.7. The fourth-order valence-electron chi connectivity index (χ4n) is 8.54. The smallest absolute Gasteiger partial charge is 0.0599 e. The van der Waals surface area contributed by atoms with E-state index in [1.807, 2.05) is 0 Å². The zero-order chi connectivity index (χ0) is 12.5. The van der Waals surface area contributed by atoms with Gasteiger partial charge in [-0.1, -0.05) is 19.1 Å². The second-order valence-corrected chi connectivity index (χ2v) is 8.73. The highest BCUT2D eigenvalue weighted by Crippen LogP contribution is 2.76. The highest BCUT2D eigenvalue weighted by Gasteiger charge is 2.71. The molecule has 1 nitrogen and oxygen atoms in total. The molecule has 0 aromatic carbocycles. The molecule has 12 atom stereocenters. The molecule has 6 rings (SSSR count). The lowest BCUT2D eigenvalue weighted by Crippen LogP contribution is -2.45. The van der Waals surface area contributed by atoms with Crippen LogP contribution in [0.15, 0.2) is 12.2 Å². The number of rotatable bonds is 0. The molecule has 6 aliphatic carbocycles. The monoisotopic (exact) mass is 256 g/mol. The minimum absolute atomic E-state index is 0.0400. The summed E-state index contributed by atoms with van der Waals surface area (Å²) in [6, 6.07) is 0. The number of allylic oxidation sites excluding steroid dienone is 2. The molecule has 5 fully saturated rings. The molecule has 0 heterocycles. The first-order chi connectivity index (χ1) is 9.25. The van der Waals surface area contributed by atoms with E-state index in [1.54, 1.807) is 0 Å². The van der Waals surface area contributed by atoms with Crippen molar-refractivity contribution in [1.82, 2.24) is 0 Å². The quantitative estimate of drug-likeness (QED) is 0.522. The third-order valence-corrected chi connectivity index (χ3v) is 8.74. The van der Waals surface area contributed by atoms with Crippen molar-refractivity contribution in [2.24, 2.45) is 65.1 Å². The van der Waals surface area contributed by atoms with E-state index in [0.717, 1.165) is 53.3 Å². The van der Waals surface area contributed by atoms with Gasteiger partial charge >= 0.3 is 0 Å². The van der Waals surface area contributed by atoms with Crippen molar-refractivity contribution in [2.75, 3.05) is 0 Å². The molecule has 0 amide bonds. The predicted octanol–water partition coefficient (Wildman–Crippen LogP) is 2.95. The van der Waals surface area contributed by atoms with Crippen LogP contribution in [-0.2, 0) is 0 Å². The molecule has 5 saturated carbocycles. The molecule has 19 heavy (non-hydrogen) atoms. The van der Waals surface area contributed by atoms with Gasteiger partial charge in [-0.2, -0.15) is 0 Å². The van der Waals surface area contributed by atoms with Crippen molar-refractivity contribution in [3.63, 3.8) is 0 Å². The summed E-state index contributed by atoms with van der Waals surface area (Å²) in [6.07, 6.45) is 9.53. The lowest BCUT2D eigenvalue weighted by molar-refractivity contribution is -0.0392. The molecular formula is C18H24O. The van der Waals surface area contributed by atoms with Crippen molar-refractivity contribution in [2.45, 2.75) is 32.3 Å². The maximum atomic E-state index is 10.5. The Morgan fingerprint density at radius 1 is 0.737 bits per heavy atom. The van der Waals surface area contributed by atoms with Crippen molar-refractivity contribution in [1.29, 1.82) is 0 Å². The highest BCUT2D eigenvalue weighted by atomic mass is 16.3. The van der Waals surface area contributed by atoms with E-state index < -0.39 is 0 Å². The SMILES string of the molecule is CC1C(O)C2CC1C1C3CC(C4C5C=CC(C5)C34)C21. The molecule has 6 aliphatic rings. The van der Waals surface area contributed by atoms with Gasteiger partial charge in [-0.05, 0) is 84.4 Å². The predicted molar refractivity (Wildman–Crippen MR) is 73.1 cm³/mol. The van der Waals surface area contributed by atoms with E-state index in [1.165, 1.54) is 19.3 Å². The summed E-state index contributed by atoms with van der Waals surface area (Å²) in [7, 11) is 0. The van der Waals surface area contributed by atoms with Gasteiger partial charge in [-0.15, -0.1) is 0 Å². The van der Waals surface area contributed by atoms with Gasteiger partial charge in [-0.25, -0.2) is 0 Å². The molecule has 102 valence electrons. The average molecular weight is 256 g/mol. The molecule has 0 aliphatic heterocycles. The average Bonchev–Trinajstić information content (AvgIpc) is 3.15. The number of aliphatic hydroxyl groups is 1. The lowest BCUT2D eigenvalue weighted by Gasteiger charge is -2.46. The molecule has 1 heteroatoms. The van der Waals surface area contributed by atoms with E-state index in [9.17, 15) is 5.11 Å². The van der Waals surface area contributed by atoms with Crippen LogP contribution < -0.4 is 0 Å². The fourth-order valence-corrected chi connectivity index (χ4v) is 8.54. The first-order valence-corrected chi connectivity index (χ1v) is 8.62. The largest absolute Gasteiger partial charge is 0.393 e. The van der Waals surface area contributed by atoms with Crippen LogP contribution in [0.3, 0.4) is 0 Å². The van der Waals surface area contributed by atoms with Crippen LogP contribution >= 0.6 is 0 Å². The van der Waals surface area contributed by atoms with E-state index in [4.69, 9.17) is 0 Å². The summed E-state index contributed by atoms with van der Waals surface area (Å²) in [5, 5.41) is 10.5. The zero-order valence-electron chi connectivity index (χ0n) is 11.7. The van der Waals surface area contributed by atoms with Gasteiger partial charge in [0.1, 0.15) is 0 Å². The van der Waals surface area contributed by atoms with E-state index in [-0.39, 0.29) is 6.10 Å². The molecular weight excluding hydrogens is 232 g/mol. The van der Waals surface area contributed by atoms with Crippen LogP contribution in [0.4, 0.5) is 0 Å². The Kier molecular flexibility index (Phi) is 1.64. The normalized spacial score (nSPS) is 74.0. The molecule has 0 aromatic rings. The van der Waals surface area contributed by atoms with E-state index in [0.29, 0.717) is 11.8 Å². The molecule has 1 N–H and O–H groups in total. The van der Waals surface area contributed by atoms with Gasteiger partial charge in [0, 0.05) is 0 Å². The van der Waals surface area contributed by atoms with Gasteiger partial charge < -0.3 is 5.11 Å². The summed E-state index contributed by atoms with van der Waals surface area (Å²) < 4.78 is 0. The van der Waals surface area contributed by atoms with Crippen molar-refractivity contribution < 1.29 is 5.11 Å². The second kappa shape index (κ2) is 2.98. The summed E-state index contributed by atoms with van der Waals surface area (Å²) in [4.78, 5) is 0. The van der Waals surface area contributed by atoms with Crippen LogP contribution in [0.2, 0.25) is 0 Å². The van der Waals surface area contributed by atoms with Crippen LogP contribution in [0, 0.1) is 65.1 Å². The van der Waals surface area contributed by atoms with Crippen LogP contribution in [0.5, 0.6) is 0 Å². The summed E-state index contributed by atoms with van der Waals surface area (Å²) in [5.74, 6) is 10.1. The summed E-state index contributed by atoms with van der Waals surface area (Å²) >= 11 is 0. The molecule has 0 saturated heterocycles. The molecule has 12 unspecified atom stereocenters. The van der Waals surface area contributed by atoms with Crippen molar-refractivity contribution >= 4 is 0 Å². The Morgan fingerprint density at radius 3 is 2.00 bits per heavy atom. The molecule has 0 radical (unpaired) electrons. The first-order valence-electron chi connectivity index (χ1n) is 8.62. The van der Waals surface area contributed by atoms with Crippen LogP contribution in [0.1, 0.15) is 26.2 Å². The Hall–Kier alpha value is -0.300. The fraction of sp³-hybridized carbons (Fsp3) is 0.889. The first kappa shape index (κ1) is 10.4. The van der Waals surface area contributed by atoms with Gasteiger partial charge in [0.25, 0.3) is 0 Å².